The van der Waals surface area contributed by atoms with Gasteiger partial charge in [-0.15, -0.1) is 0 Å². The van der Waals surface area contributed by atoms with E-state index in [1.165, 1.54) is 0 Å². The first-order chi connectivity index (χ1) is 7.33. The second-order valence-electron chi connectivity index (χ2n) is 3.18. The smallest absolute Gasteiger partial charge is 0.180 e. The van der Waals surface area contributed by atoms with Gasteiger partial charge in [0.05, 0.1) is 11.6 Å². The maximum absolute atomic E-state index is 5.99. The molecule has 0 bridgehead atoms. The molecule has 0 fully saturated rings. The Bertz CT molecular complexity index is 357. The standard InChI is InChI=1S/C10H12ClNO3/c11-8-2-1-7(3-4-15-12)9-10(8)14-6-5-13-9/h1-2H,3-6,12H2. The zero-order valence-corrected chi connectivity index (χ0v) is 8.92. The fraction of sp³-hybridized carbons (Fsp3) is 0.400. The third kappa shape index (κ3) is 2.17. The van der Waals surface area contributed by atoms with Gasteiger partial charge in [-0.25, -0.2) is 5.90 Å². The second kappa shape index (κ2) is 4.70. The Morgan fingerprint density at radius 1 is 1.27 bits per heavy atom. The molecule has 1 aliphatic heterocycles. The number of benzene rings is 1. The van der Waals surface area contributed by atoms with Gasteiger partial charge in [0.1, 0.15) is 13.2 Å². The molecule has 0 amide bonds. The summed E-state index contributed by atoms with van der Waals surface area (Å²) in [5.41, 5.74) is 1.000. The van der Waals surface area contributed by atoms with Crippen LogP contribution in [0, 0.1) is 0 Å². The minimum atomic E-state index is 0.442. The SMILES string of the molecule is NOCCc1ccc(Cl)c2c1OCCO2. The van der Waals surface area contributed by atoms with Crippen LogP contribution >= 0.6 is 11.6 Å². The number of rotatable bonds is 3. The molecule has 0 unspecified atom stereocenters. The number of ether oxygens (including phenoxy) is 2. The molecule has 0 saturated heterocycles. The van der Waals surface area contributed by atoms with Crippen LogP contribution in [0.1, 0.15) is 5.56 Å². The normalized spacial score (nSPS) is 14.0. The van der Waals surface area contributed by atoms with Gasteiger partial charge < -0.3 is 14.3 Å². The highest BCUT2D eigenvalue weighted by Crippen LogP contribution is 2.40. The van der Waals surface area contributed by atoms with Crippen LogP contribution in [0.3, 0.4) is 0 Å². The van der Waals surface area contributed by atoms with Crippen LogP contribution in [-0.2, 0) is 11.3 Å². The number of nitrogens with two attached hydrogens (primary N) is 1. The summed E-state index contributed by atoms with van der Waals surface area (Å²) in [5.74, 6) is 6.32. The Morgan fingerprint density at radius 3 is 2.73 bits per heavy atom. The van der Waals surface area contributed by atoms with Crippen LogP contribution < -0.4 is 15.4 Å². The monoisotopic (exact) mass is 229 g/mol. The molecular weight excluding hydrogens is 218 g/mol. The molecule has 5 heteroatoms. The lowest BCUT2D eigenvalue weighted by Gasteiger charge is -2.21. The predicted molar refractivity (Wildman–Crippen MR) is 56.3 cm³/mol. The fourth-order valence-electron chi connectivity index (χ4n) is 1.53. The van der Waals surface area contributed by atoms with E-state index in [-0.39, 0.29) is 0 Å². The molecule has 1 aromatic rings. The second-order valence-corrected chi connectivity index (χ2v) is 3.59. The van der Waals surface area contributed by atoms with Crippen molar-refractivity contribution in [1.29, 1.82) is 0 Å². The summed E-state index contributed by atoms with van der Waals surface area (Å²) in [5, 5.41) is 0.571. The van der Waals surface area contributed by atoms with E-state index in [1.807, 2.05) is 6.07 Å². The van der Waals surface area contributed by atoms with Crippen LogP contribution in [0.2, 0.25) is 5.02 Å². The molecule has 2 rings (SSSR count). The number of hydrogen-bond donors (Lipinski definition) is 1. The fourth-order valence-corrected chi connectivity index (χ4v) is 1.73. The van der Waals surface area contributed by atoms with E-state index in [0.717, 1.165) is 5.56 Å². The zero-order chi connectivity index (χ0) is 10.7. The lowest BCUT2D eigenvalue weighted by Crippen LogP contribution is -2.17. The first kappa shape index (κ1) is 10.5. The summed E-state index contributed by atoms with van der Waals surface area (Å²) >= 11 is 5.99. The first-order valence-corrected chi connectivity index (χ1v) is 5.09. The average molecular weight is 230 g/mol. The quantitative estimate of drug-likeness (QED) is 0.799. The van der Waals surface area contributed by atoms with Crippen LogP contribution in [0.5, 0.6) is 11.5 Å². The third-order valence-electron chi connectivity index (χ3n) is 2.21. The van der Waals surface area contributed by atoms with Crippen molar-refractivity contribution in [2.45, 2.75) is 6.42 Å². The highest BCUT2D eigenvalue weighted by molar-refractivity contribution is 6.32. The topological polar surface area (TPSA) is 53.7 Å². The van der Waals surface area contributed by atoms with Crippen molar-refractivity contribution < 1.29 is 14.3 Å². The van der Waals surface area contributed by atoms with Crippen molar-refractivity contribution in [1.82, 2.24) is 0 Å². The van der Waals surface area contributed by atoms with Crippen molar-refractivity contribution in [2.75, 3.05) is 19.8 Å². The Hall–Kier alpha value is -0.970. The molecule has 1 aromatic carbocycles. The van der Waals surface area contributed by atoms with Crippen molar-refractivity contribution in [3.05, 3.63) is 22.7 Å². The van der Waals surface area contributed by atoms with E-state index in [0.29, 0.717) is 42.8 Å². The Balaban J connectivity index is 2.30. The zero-order valence-electron chi connectivity index (χ0n) is 8.16. The van der Waals surface area contributed by atoms with E-state index in [2.05, 4.69) is 4.84 Å². The lowest BCUT2D eigenvalue weighted by molar-refractivity contribution is 0.138. The third-order valence-corrected chi connectivity index (χ3v) is 2.51. The minimum Gasteiger partial charge on any atom is -0.486 e. The molecule has 0 aliphatic carbocycles. The molecule has 0 radical (unpaired) electrons. The van der Waals surface area contributed by atoms with Gasteiger partial charge in [0, 0.05) is 12.0 Å². The lowest BCUT2D eigenvalue weighted by atomic mass is 10.1. The summed E-state index contributed by atoms with van der Waals surface area (Å²) in [7, 11) is 0. The van der Waals surface area contributed by atoms with Gasteiger partial charge in [0.2, 0.25) is 0 Å². The summed E-state index contributed by atoms with van der Waals surface area (Å²) in [6, 6.07) is 3.69. The minimum absolute atomic E-state index is 0.442. The van der Waals surface area contributed by atoms with E-state index in [9.17, 15) is 0 Å². The predicted octanol–water partition coefficient (Wildman–Crippen LogP) is 1.54. The van der Waals surface area contributed by atoms with Crippen LogP contribution in [-0.4, -0.2) is 19.8 Å². The number of fused-ring (bicyclic) bond motifs is 1. The average Bonchev–Trinajstić information content (AvgIpc) is 2.29. The molecular formula is C10H12ClNO3. The molecule has 0 aromatic heterocycles. The molecule has 2 N–H and O–H groups in total. The molecule has 4 nitrogen and oxygen atoms in total. The van der Waals surface area contributed by atoms with Gasteiger partial charge in [0.15, 0.2) is 11.5 Å². The molecule has 15 heavy (non-hydrogen) atoms. The Morgan fingerprint density at radius 2 is 2.00 bits per heavy atom. The van der Waals surface area contributed by atoms with Crippen LogP contribution in [0.4, 0.5) is 0 Å². The summed E-state index contributed by atoms with van der Waals surface area (Å²) in [6.45, 7) is 1.52. The maximum Gasteiger partial charge on any atom is 0.180 e. The van der Waals surface area contributed by atoms with Gasteiger partial charge in [-0.2, -0.15) is 0 Å². The van der Waals surface area contributed by atoms with E-state index in [4.69, 9.17) is 27.0 Å². The van der Waals surface area contributed by atoms with E-state index in [1.54, 1.807) is 6.07 Å². The van der Waals surface area contributed by atoms with Crippen molar-refractivity contribution in [3.63, 3.8) is 0 Å². The molecule has 0 saturated carbocycles. The van der Waals surface area contributed by atoms with Gasteiger partial charge in [-0.05, 0) is 6.07 Å². The van der Waals surface area contributed by atoms with Crippen molar-refractivity contribution >= 4 is 11.6 Å². The van der Waals surface area contributed by atoms with Gasteiger partial charge in [-0.1, -0.05) is 17.7 Å². The summed E-state index contributed by atoms with van der Waals surface area (Å²) in [6.07, 6.45) is 0.680. The Labute approximate surface area is 92.8 Å². The van der Waals surface area contributed by atoms with Crippen molar-refractivity contribution in [2.24, 2.45) is 5.90 Å². The van der Waals surface area contributed by atoms with Gasteiger partial charge in [-0.3, -0.25) is 0 Å². The Kier molecular flexibility index (Phi) is 3.30. The van der Waals surface area contributed by atoms with Crippen LogP contribution in [0.15, 0.2) is 12.1 Å². The molecule has 0 atom stereocenters. The van der Waals surface area contributed by atoms with Gasteiger partial charge >= 0.3 is 0 Å². The van der Waals surface area contributed by atoms with Gasteiger partial charge in [0.25, 0.3) is 0 Å². The number of hydrogen-bond acceptors (Lipinski definition) is 4. The van der Waals surface area contributed by atoms with Crippen LogP contribution in [0.25, 0.3) is 0 Å². The molecule has 82 valence electrons. The summed E-state index contributed by atoms with van der Waals surface area (Å²) in [4.78, 5) is 4.54. The highest BCUT2D eigenvalue weighted by atomic mass is 35.5. The highest BCUT2D eigenvalue weighted by Gasteiger charge is 2.18. The number of halogens is 1. The first-order valence-electron chi connectivity index (χ1n) is 4.71. The largest absolute Gasteiger partial charge is 0.486 e. The van der Waals surface area contributed by atoms with E-state index < -0.39 is 0 Å². The molecule has 1 heterocycles. The van der Waals surface area contributed by atoms with Crippen molar-refractivity contribution in [3.8, 4) is 11.5 Å². The maximum atomic E-state index is 5.99. The molecule has 0 spiro atoms. The van der Waals surface area contributed by atoms with E-state index >= 15 is 0 Å². The summed E-state index contributed by atoms with van der Waals surface area (Å²) < 4.78 is 11.0. The molecule has 1 aliphatic rings.